The molecule has 1 N–H and O–H groups in total. The van der Waals surface area contributed by atoms with E-state index in [1.807, 2.05) is 13.8 Å². The number of nitrogens with zero attached hydrogens (tertiary/aromatic N) is 1. The van der Waals surface area contributed by atoms with Crippen molar-refractivity contribution in [2.24, 2.45) is 5.92 Å². The molecule has 2 heterocycles. The summed E-state index contributed by atoms with van der Waals surface area (Å²) in [6, 6.07) is 1.73. The van der Waals surface area contributed by atoms with Gasteiger partial charge in [-0.1, -0.05) is 13.8 Å². The van der Waals surface area contributed by atoms with E-state index >= 15 is 0 Å². The van der Waals surface area contributed by atoms with Crippen LogP contribution in [0.1, 0.15) is 36.4 Å². The van der Waals surface area contributed by atoms with Crippen LogP contribution < -0.4 is 0 Å². The van der Waals surface area contributed by atoms with Gasteiger partial charge in [0.05, 0.1) is 17.9 Å². The highest BCUT2D eigenvalue weighted by molar-refractivity contribution is 5.95. The summed E-state index contributed by atoms with van der Waals surface area (Å²) in [7, 11) is 0. The largest absolute Gasteiger partial charge is 0.469 e. The van der Waals surface area contributed by atoms with Crippen LogP contribution in [0.4, 0.5) is 0 Å². The molecule has 0 spiro atoms. The number of aryl methyl sites for hydroxylation is 1. The predicted octanol–water partition coefficient (Wildman–Crippen LogP) is 1.68. The van der Waals surface area contributed by atoms with Gasteiger partial charge in [-0.25, -0.2) is 0 Å². The maximum absolute atomic E-state index is 12.3. The number of hydrogen-bond donors (Lipinski definition) is 1. The maximum atomic E-state index is 12.3. The fourth-order valence-electron chi connectivity index (χ4n) is 2.29. The maximum Gasteiger partial charge on any atom is 0.257 e. The number of amides is 1. The zero-order chi connectivity index (χ0) is 12.4. The van der Waals surface area contributed by atoms with Crippen LogP contribution >= 0.6 is 0 Å². The van der Waals surface area contributed by atoms with Gasteiger partial charge in [0.1, 0.15) is 5.76 Å². The van der Waals surface area contributed by atoms with Crippen molar-refractivity contribution in [3.63, 3.8) is 0 Å². The first-order valence-corrected chi connectivity index (χ1v) is 6.17. The molecule has 17 heavy (non-hydrogen) atoms. The van der Waals surface area contributed by atoms with Crippen LogP contribution in [0, 0.1) is 5.92 Å². The molecule has 2 unspecified atom stereocenters. The Morgan fingerprint density at radius 3 is 3.06 bits per heavy atom. The molecule has 94 valence electrons. The van der Waals surface area contributed by atoms with E-state index in [0.29, 0.717) is 25.1 Å². The normalized spacial score (nSPS) is 25.0. The van der Waals surface area contributed by atoms with Gasteiger partial charge in [-0.05, 0) is 18.4 Å². The van der Waals surface area contributed by atoms with Crippen LogP contribution in [0.3, 0.4) is 0 Å². The smallest absolute Gasteiger partial charge is 0.257 e. The number of furan rings is 1. The van der Waals surface area contributed by atoms with Gasteiger partial charge in [0.2, 0.25) is 0 Å². The van der Waals surface area contributed by atoms with Gasteiger partial charge in [0.25, 0.3) is 5.91 Å². The third kappa shape index (κ3) is 2.36. The quantitative estimate of drug-likeness (QED) is 0.851. The molecule has 1 fully saturated rings. The minimum Gasteiger partial charge on any atom is -0.469 e. The number of aliphatic hydroxyl groups is 1. The van der Waals surface area contributed by atoms with Crippen molar-refractivity contribution < 1.29 is 14.3 Å². The standard InChI is InChI=1S/C13H19NO3/c1-3-12-10(5-7-17-12)13(16)14-6-4-11(15)9(2)8-14/h5,7,9,11,15H,3-4,6,8H2,1-2H3. The Hall–Kier alpha value is -1.29. The summed E-state index contributed by atoms with van der Waals surface area (Å²) in [5.74, 6) is 0.910. The summed E-state index contributed by atoms with van der Waals surface area (Å²) < 4.78 is 5.28. The lowest BCUT2D eigenvalue weighted by Crippen LogP contribution is -2.45. The van der Waals surface area contributed by atoms with Crippen molar-refractivity contribution in [2.75, 3.05) is 13.1 Å². The average molecular weight is 237 g/mol. The number of aliphatic hydroxyl groups excluding tert-OH is 1. The third-order valence-electron chi connectivity index (χ3n) is 3.44. The number of likely N-dealkylation sites (tertiary alicyclic amines) is 1. The summed E-state index contributed by atoms with van der Waals surface area (Å²) in [5, 5.41) is 9.65. The number of rotatable bonds is 2. The van der Waals surface area contributed by atoms with Gasteiger partial charge < -0.3 is 14.4 Å². The van der Waals surface area contributed by atoms with Crippen molar-refractivity contribution >= 4 is 5.91 Å². The van der Waals surface area contributed by atoms with Crippen LogP contribution in [-0.2, 0) is 6.42 Å². The lowest BCUT2D eigenvalue weighted by Gasteiger charge is -2.34. The van der Waals surface area contributed by atoms with Crippen LogP contribution in [0.15, 0.2) is 16.7 Å². The van der Waals surface area contributed by atoms with Gasteiger partial charge in [-0.15, -0.1) is 0 Å². The van der Waals surface area contributed by atoms with E-state index in [4.69, 9.17) is 4.42 Å². The topological polar surface area (TPSA) is 53.7 Å². The number of carbonyl (C=O) groups excluding carboxylic acids is 1. The first kappa shape index (κ1) is 12.2. The van der Waals surface area contributed by atoms with Crippen molar-refractivity contribution in [2.45, 2.75) is 32.8 Å². The van der Waals surface area contributed by atoms with Crippen LogP contribution in [-0.4, -0.2) is 35.1 Å². The summed E-state index contributed by atoms with van der Waals surface area (Å²) in [6.45, 7) is 5.19. The summed E-state index contributed by atoms with van der Waals surface area (Å²) >= 11 is 0. The first-order chi connectivity index (χ1) is 8.13. The van der Waals surface area contributed by atoms with Crippen LogP contribution in [0.2, 0.25) is 0 Å². The lowest BCUT2D eigenvalue weighted by molar-refractivity contribution is 0.0296. The molecule has 0 radical (unpaired) electrons. The second-order valence-electron chi connectivity index (χ2n) is 4.70. The molecule has 1 aromatic heterocycles. The van der Waals surface area contributed by atoms with Crippen molar-refractivity contribution in [1.82, 2.24) is 4.90 Å². The number of carbonyl (C=O) groups is 1. The SMILES string of the molecule is CCc1occc1C(=O)N1CCC(O)C(C)C1. The highest BCUT2D eigenvalue weighted by atomic mass is 16.3. The molecular weight excluding hydrogens is 218 g/mol. The Bertz CT molecular complexity index is 399. The van der Waals surface area contributed by atoms with Gasteiger partial charge in [-0.3, -0.25) is 4.79 Å². The van der Waals surface area contributed by atoms with Crippen molar-refractivity contribution in [1.29, 1.82) is 0 Å². The van der Waals surface area contributed by atoms with Gasteiger partial charge in [-0.2, -0.15) is 0 Å². The van der Waals surface area contributed by atoms with E-state index in [2.05, 4.69) is 0 Å². The Labute approximate surface area is 101 Å². The third-order valence-corrected chi connectivity index (χ3v) is 3.44. The van der Waals surface area contributed by atoms with E-state index in [1.165, 1.54) is 0 Å². The molecule has 4 heteroatoms. The van der Waals surface area contributed by atoms with E-state index in [0.717, 1.165) is 12.2 Å². The van der Waals surface area contributed by atoms with Crippen LogP contribution in [0.25, 0.3) is 0 Å². The number of hydrogen-bond acceptors (Lipinski definition) is 3. The average Bonchev–Trinajstić information content (AvgIpc) is 2.80. The fraction of sp³-hybridized carbons (Fsp3) is 0.615. The van der Waals surface area contributed by atoms with E-state index in [1.54, 1.807) is 17.2 Å². The van der Waals surface area contributed by atoms with E-state index in [-0.39, 0.29) is 17.9 Å². The molecule has 0 aromatic carbocycles. The van der Waals surface area contributed by atoms with Gasteiger partial charge in [0.15, 0.2) is 0 Å². The first-order valence-electron chi connectivity index (χ1n) is 6.17. The van der Waals surface area contributed by atoms with E-state index in [9.17, 15) is 9.90 Å². The molecule has 0 bridgehead atoms. The lowest BCUT2D eigenvalue weighted by atomic mass is 9.96. The summed E-state index contributed by atoms with van der Waals surface area (Å²) in [5.41, 5.74) is 0.663. The Balaban J connectivity index is 2.10. The minimum atomic E-state index is -0.283. The molecule has 1 saturated heterocycles. The minimum absolute atomic E-state index is 0.0225. The van der Waals surface area contributed by atoms with Gasteiger partial charge >= 0.3 is 0 Å². The zero-order valence-corrected chi connectivity index (χ0v) is 10.3. The van der Waals surface area contributed by atoms with Gasteiger partial charge in [0, 0.05) is 19.5 Å². The Morgan fingerprint density at radius 1 is 1.65 bits per heavy atom. The molecule has 0 saturated carbocycles. The monoisotopic (exact) mass is 237 g/mol. The number of piperidine rings is 1. The highest BCUT2D eigenvalue weighted by Gasteiger charge is 2.29. The van der Waals surface area contributed by atoms with Crippen molar-refractivity contribution in [3.05, 3.63) is 23.7 Å². The Morgan fingerprint density at radius 2 is 2.41 bits per heavy atom. The second-order valence-corrected chi connectivity index (χ2v) is 4.70. The van der Waals surface area contributed by atoms with Crippen LogP contribution in [0.5, 0.6) is 0 Å². The molecule has 1 aliphatic heterocycles. The zero-order valence-electron chi connectivity index (χ0n) is 10.3. The summed E-state index contributed by atoms with van der Waals surface area (Å²) in [6.07, 6.45) is 2.66. The molecule has 1 aromatic rings. The highest BCUT2D eigenvalue weighted by Crippen LogP contribution is 2.20. The molecule has 0 aliphatic carbocycles. The summed E-state index contributed by atoms with van der Waals surface area (Å²) in [4.78, 5) is 14.1. The van der Waals surface area contributed by atoms with Crippen molar-refractivity contribution in [3.8, 4) is 0 Å². The molecule has 4 nitrogen and oxygen atoms in total. The predicted molar refractivity (Wildman–Crippen MR) is 63.8 cm³/mol. The molecule has 2 atom stereocenters. The second kappa shape index (κ2) is 4.92. The molecule has 2 rings (SSSR count). The van der Waals surface area contributed by atoms with E-state index < -0.39 is 0 Å². The Kier molecular flexibility index (Phi) is 3.52. The molecule has 1 amide bonds. The molecule has 1 aliphatic rings. The molecular formula is C13H19NO3. The fourth-order valence-corrected chi connectivity index (χ4v) is 2.29.